The molecule has 4 heteroatoms. The Hall–Kier alpha value is -0.610. The van der Waals surface area contributed by atoms with Crippen LogP contribution in [0.4, 0.5) is 0 Å². The van der Waals surface area contributed by atoms with Crippen LogP contribution in [0.15, 0.2) is 0 Å². The lowest BCUT2D eigenvalue weighted by Gasteiger charge is -2.07. The third kappa shape index (κ3) is 2.79. The van der Waals surface area contributed by atoms with Crippen LogP contribution >= 0.6 is 0 Å². The fourth-order valence-electron chi connectivity index (χ4n) is 1.29. The van der Waals surface area contributed by atoms with Crippen molar-refractivity contribution in [1.82, 2.24) is 10.6 Å². The summed E-state index contributed by atoms with van der Waals surface area (Å²) in [6, 6.07) is -0.0113. The Morgan fingerprint density at radius 1 is 1.67 bits per heavy atom. The Morgan fingerprint density at radius 3 is 3.08 bits per heavy atom. The summed E-state index contributed by atoms with van der Waals surface area (Å²) < 4.78 is 0. The van der Waals surface area contributed by atoms with E-state index in [1.807, 2.05) is 0 Å². The fourth-order valence-corrected chi connectivity index (χ4v) is 1.29. The summed E-state index contributed by atoms with van der Waals surface area (Å²) in [6.07, 6.45) is 2.83. The monoisotopic (exact) mass is 170 g/mol. The predicted octanol–water partition coefficient (Wildman–Crippen LogP) is -0.782. The first-order valence-corrected chi connectivity index (χ1v) is 4.49. The summed E-state index contributed by atoms with van der Waals surface area (Å²) in [5.74, 6) is 0.000880. The van der Waals surface area contributed by atoms with Crippen molar-refractivity contribution in [2.24, 2.45) is 5.73 Å². The van der Waals surface area contributed by atoms with E-state index in [0.29, 0.717) is 13.1 Å². The number of nitrogens with zero attached hydrogens (tertiary/aromatic N) is 1. The number of carbonyl (C=O) groups is 1. The Kier molecular flexibility index (Phi) is 4.04. The number of nitrogens with two attached hydrogens (primary N) is 1. The number of carbonyl (C=O) groups excluding carboxylic acids is 1. The number of hydrogen-bond donors (Lipinski definition) is 2. The SMILES string of the molecule is NCCC[N]C(=O)[C@@H]1CCCN1. The van der Waals surface area contributed by atoms with Gasteiger partial charge in [-0.25, -0.2) is 0 Å². The normalized spacial score (nSPS) is 22.6. The molecule has 4 nitrogen and oxygen atoms in total. The van der Waals surface area contributed by atoms with Gasteiger partial charge in [0.1, 0.15) is 0 Å². The summed E-state index contributed by atoms with van der Waals surface area (Å²) in [7, 11) is 0. The second kappa shape index (κ2) is 5.11. The van der Waals surface area contributed by atoms with Gasteiger partial charge >= 0.3 is 0 Å². The van der Waals surface area contributed by atoms with E-state index >= 15 is 0 Å². The van der Waals surface area contributed by atoms with Gasteiger partial charge in [-0.15, -0.1) is 0 Å². The van der Waals surface area contributed by atoms with Crippen LogP contribution in [-0.4, -0.2) is 31.6 Å². The van der Waals surface area contributed by atoms with Crippen LogP contribution in [0.1, 0.15) is 19.3 Å². The molecule has 1 amide bonds. The maximum Gasteiger partial charge on any atom is 0.258 e. The Morgan fingerprint density at radius 2 is 2.50 bits per heavy atom. The van der Waals surface area contributed by atoms with E-state index in [2.05, 4.69) is 10.6 Å². The van der Waals surface area contributed by atoms with Crippen molar-refractivity contribution in [2.75, 3.05) is 19.6 Å². The topological polar surface area (TPSA) is 69.2 Å². The maximum absolute atomic E-state index is 11.3. The Balaban J connectivity index is 2.10. The van der Waals surface area contributed by atoms with Gasteiger partial charge in [0.25, 0.3) is 5.91 Å². The van der Waals surface area contributed by atoms with E-state index in [4.69, 9.17) is 5.73 Å². The van der Waals surface area contributed by atoms with Crippen LogP contribution in [0, 0.1) is 0 Å². The standard InChI is InChI=1S/C8H16N3O/c9-4-2-6-11-8(12)7-3-1-5-10-7/h7,10H,1-6,9H2/t7-/m0/s1. The lowest BCUT2D eigenvalue weighted by molar-refractivity contribution is -0.123. The molecule has 0 spiro atoms. The van der Waals surface area contributed by atoms with Gasteiger partial charge in [-0.2, -0.15) is 0 Å². The van der Waals surface area contributed by atoms with Crippen molar-refractivity contribution in [3.05, 3.63) is 0 Å². The van der Waals surface area contributed by atoms with Gasteiger partial charge in [0, 0.05) is 6.54 Å². The van der Waals surface area contributed by atoms with E-state index in [1.165, 1.54) is 0 Å². The van der Waals surface area contributed by atoms with E-state index in [1.54, 1.807) is 0 Å². The molecule has 1 rings (SSSR count). The summed E-state index contributed by atoms with van der Waals surface area (Å²) in [5, 5.41) is 7.02. The van der Waals surface area contributed by atoms with Crippen molar-refractivity contribution < 1.29 is 4.79 Å². The number of nitrogens with one attached hydrogen (secondary N) is 1. The Bertz CT molecular complexity index is 143. The fraction of sp³-hybridized carbons (Fsp3) is 0.875. The Labute approximate surface area is 72.9 Å². The molecule has 1 atom stereocenters. The number of rotatable bonds is 4. The lowest BCUT2D eigenvalue weighted by atomic mass is 10.2. The molecule has 1 heterocycles. The lowest BCUT2D eigenvalue weighted by Crippen LogP contribution is -2.37. The van der Waals surface area contributed by atoms with Gasteiger partial charge in [-0.3, -0.25) is 10.1 Å². The zero-order chi connectivity index (χ0) is 8.81. The van der Waals surface area contributed by atoms with Gasteiger partial charge < -0.3 is 11.1 Å². The molecular weight excluding hydrogens is 154 g/mol. The highest BCUT2D eigenvalue weighted by atomic mass is 16.2. The molecule has 0 aliphatic carbocycles. The zero-order valence-corrected chi connectivity index (χ0v) is 7.25. The molecule has 0 aromatic rings. The summed E-state index contributed by atoms with van der Waals surface area (Å²) in [6.45, 7) is 2.13. The van der Waals surface area contributed by atoms with Crippen molar-refractivity contribution in [2.45, 2.75) is 25.3 Å². The molecule has 12 heavy (non-hydrogen) atoms. The number of amides is 1. The molecule has 1 aliphatic rings. The van der Waals surface area contributed by atoms with Gasteiger partial charge in [0.2, 0.25) is 0 Å². The van der Waals surface area contributed by atoms with Crippen molar-refractivity contribution in [3.8, 4) is 0 Å². The van der Waals surface area contributed by atoms with Crippen LogP contribution in [0.2, 0.25) is 0 Å². The van der Waals surface area contributed by atoms with Gasteiger partial charge in [0.05, 0.1) is 6.04 Å². The summed E-state index contributed by atoms with van der Waals surface area (Å²) in [5.41, 5.74) is 5.28. The molecule has 1 saturated heterocycles. The molecule has 0 aromatic heterocycles. The number of hydrogen-bond acceptors (Lipinski definition) is 3. The van der Waals surface area contributed by atoms with Crippen LogP contribution < -0.4 is 16.4 Å². The van der Waals surface area contributed by atoms with Crippen LogP contribution in [0.25, 0.3) is 0 Å². The summed E-state index contributed by atoms with van der Waals surface area (Å²) in [4.78, 5) is 11.3. The minimum atomic E-state index is -0.0113. The third-order valence-electron chi connectivity index (χ3n) is 1.99. The molecule has 0 bridgehead atoms. The third-order valence-corrected chi connectivity index (χ3v) is 1.99. The molecule has 1 radical (unpaired) electrons. The van der Waals surface area contributed by atoms with Crippen LogP contribution in [0.5, 0.6) is 0 Å². The molecule has 69 valence electrons. The largest absolute Gasteiger partial charge is 0.330 e. The summed E-state index contributed by atoms with van der Waals surface area (Å²) >= 11 is 0. The van der Waals surface area contributed by atoms with Crippen molar-refractivity contribution in [3.63, 3.8) is 0 Å². The van der Waals surface area contributed by atoms with Crippen LogP contribution in [0.3, 0.4) is 0 Å². The van der Waals surface area contributed by atoms with Crippen LogP contribution in [-0.2, 0) is 4.79 Å². The van der Waals surface area contributed by atoms with E-state index in [0.717, 1.165) is 25.8 Å². The van der Waals surface area contributed by atoms with Gasteiger partial charge in [-0.05, 0) is 32.4 Å². The first-order chi connectivity index (χ1) is 5.84. The van der Waals surface area contributed by atoms with Gasteiger partial charge in [0.15, 0.2) is 0 Å². The highest BCUT2D eigenvalue weighted by Crippen LogP contribution is 2.04. The predicted molar refractivity (Wildman–Crippen MR) is 46.7 cm³/mol. The smallest absolute Gasteiger partial charge is 0.258 e. The quantitative estimate of drug-likeness (QED) is 0.544. The highest BCUT2D eigenvalue weighted by molar-refractivity contribution is 5.81. The minimum absolute atomic E-state index is 0.000880. The second-order valence-electron chi connectivity index (χ2n) is 3.01. The van der Waals surface area contributed by atoms with Gasteiger partial charge in [-0.1, -0.05) is 0 Å². The minimum Gasteiger partial charge on any atom is -0.330 e. The molecule has 0 unspecified atom stereocenters. The van der Waals surface area contributed by atoms with E-state index in [-0.39, 0.29) is 11.9 Å². The van der Waals surface area contributed by atoms with Crippen molar-refractivity contribution in [1.29, 1.82) is 0 Å². The van der Waals surface area contributed by atoms with E-state index < -0.39 is 0 Å². The second-order valence-corrected chi connectivity index (χ2v) is 3.01. The molecule has 1 aliphatic heterocycles. The average molecular weight is 170 g/mol. The maximum atomic E-state index is 11.3. The molecular formula is C8H16N3O. The molecule has 3 N–H and O–H groups in total. The first kappa shape index (κ1) is 9.48. The molecule has 0 saturated carbocycles. The molecule has 0 aromatic carbocycles. The van der Waals surface area contributed by atoms with E-state index in [9.17, 15) is 4.79 Å². The highest BCUT2D eigenvalue weighted by Gasteiger charge is 2.21. The zero-order valence-electron chi connectivity index (χ0n) is 7.25. The molecule has 1 fully saturated rings. The first-order valence-electron chi connectivity index (χ1n) is 4.49. The average Bonchev–Trinajstić information content (AvgIpc) is 2.56. The van der Waals surface area contributed by atoms with Crippen molar-refractivity contribution >= 4 is 5.91 Å².